The van der Waals surface area contributed by atoms with E-state index >= 15 is 0 Å². The van der Waals surface area contributed by atoms with Crippen LogP contribution in [0.1, 0.15) is 18.4 Å². The highest BCUT2D eigenvalue weighted by Crippen LogP contribution is 2.12. The van der Waals surface area contributed by atoms with Crippen LogP contribution >= 0.6 is 0 Å². The fourth-order valence-electron chi connectivity index (χ4n) is 3.24. The summed E-state index contributed by atoms with van der Waals surface area (Å²) in [5.41, 5.74) is 1.44. The van der Waals surface area contributed by atoms with Gasteiger partial charge in [-0.2, -0.15) is 0 Å². The molecular weight excluding hydrogens is 296 g/mol. The lowest BCUT2D eigenvalue weighted by molar-refractivity contribution is 0.194. The Bertz CT molecular complexity index is 565. The third-order valence-corrected chi connectivity index (χ3v) is 4.69. The van der Waals surface area contributed by atoms with Crippen molar-refractivity contribution in [3.8, 4) is 5.75 Å². The Balaban J connectivity index is 1.27. The summed E-state index contributed by atoms with van der Waals surface area (Å²) in [6, 6.07) is 21.5. The van der Waals surface area contributed by atoms with Gasteiger partial charge in [-0.1, -0.05) is 48.5 Å². The molecule has 0 radical (unpaired) electrons. The number of likely N-dealkylation sites (tertiary alicyclic amines) is 1. The molecule has 0 aliphatic carbocycles. The van der Waals surface area contributed by atoms with Crippen molar-refractivity contribution < 1.29 is 4.74 Å². The van der Waals surface area contributed by atoms with Gasteiger partial charge >= 0.3 is 0 Å². The van der Waals surface area contributed by atoms with Crippen molar-refractivity contribution in [3.05, 3.63) is 66.2 Å². The lowest BCUT2D eigenvalue weighted by atomic mass is 10.0. The lowest BCUT2D eigenvalue weighted by Crippen LogP contribution is -2.44. The quantitative estimate of drug-likeness (QED) is 0.754. The fourth-order valence-corrected chi connectivity index (χ4v) is 3.24. The second-order valence-electron chi connectivity index (χ2n) is 6.47. The highest BCUT2D eigenvalue weighted by atomic mass is 16.5. The molecule has 2 aromatic carbocycles. The first-order valence-corrected chi connectivity index (χ1v) is 9.08. The molecule has 1 aliphatic rings. The first-order chi connectivity index (χ1) is 11.9. The maximum absolute atomic E-state index is 5.73. The standard InChI is InChI=1S/C21H28N2O/c1-3-7-19(8-4-1)11-15-23-16-12-20(13-17-23)22-14-18-24-21-9-5-2-6-10-21/h1-10,20,22H,11-18H2. The first kappa shape index (κ1) is 17.0. The number of piperidine rings is 1. The first-order valence-electron chi connectivity index (χ1n) is 9.08. The molecule has 0 aromatic heterocycles. The molecule has 2 aromatic rings. The van der Waals surface area contributed by atoms with E-state index in [-0.39, 0.29) is 0 Å². The van der Waals surface area contributed by atoms with E-state index in [9.17, 15) is 0 Å². The molecule has 0 unspecified atom stereocenters. The molecule has 0 bridgehead atoms. The van der Waals surface area contributed by atoms with Gasteiger partial charge in [-0.05, 0) is 50.0 Å². The van der Waals surface area contributed by atoms with Crippen molar-refractivity contribution in [2.45, 2.75) is 25.3 Å². The van der Waals surface area contributed by atoms with Crippen LogP contribution in [0.25, 0.3) is 0 Å². The van der Waals surface area contributed by atoms with Gasteiger partial charge < -0.3 is 15.0 Å². The van der Waals surface area contributed by atoms with Crippen LogP contribution in [0.5, 0.6) is 5.75 Å². The number of ether oxygens (including phenoxy) is 1. The molecule has 128 valence electrons. The van der Waals surface area contributed by atoms with E-state index < -0.39 is 0 Å². The van der Waals surface area contributed by atoms with E-state index in [4.69, 9.17) is 4.74 Å². The summed E-state index contributed by atoms with van der Waals surface area (Å²) < 4.78 is 5.73. The van der Waals surface area contributed by atoms with Crippen LogP contribution in [-0.2, 0) is 6.42 Å². The highest BCUT2D eigenvalue weighted by molar-refractivity contribution is 5.20. The number of para-hydroxylation sites is 1. The molecule has 24 heavy (non-hydrogen) atoms. The minimum Gasteiger partial charge on any atom is -0.492 e. The van der Waals surface area contributed by atoms with Crippen molar-refractivity contribution in [2.75, 3.05) is 32.8 Å². The van der Waals surface area contributed by atoms with E-state index in [1.54, 1.807) is 0 Å². The minimum absolute atomic E-state index is 0.636. The van der Waals surface area contributed by atoms with E-state index in [1.807, 2.05) is 30.3 Å². The third kappa shape index (κ3) is 5.66. The zero-order chi connectivity index (χ0) is 16.5. The van der Waals surface area contributed by atoms with Crippen molar-refractivity contribution in [1.82, 2.24) is 10.2 Å². The normalized spacial score (nSPS) is 16.2. The van der Waals surface area contributed by atoms with Crippen LogP contribution in [0.4, 0.5) is 0 Å². The van der Waals surface area contributed by atoms with Gasteiger partial charge in [-0.25, -0.2) is 0 Å². The Morgan fingerprint density at radius 1 is 0.917 bits per heavy atom. The maximum atomic E-state index is 5.73. The molecule has 1 fully saturated rings. The molecule has 0 saturated carbocycles. The number of benzene rings is 2. The summed E-state index contributed by atoms with van der Waals surface area (Å²) in [4.78, 5) is 2.59. The second kappa shape index (κ2) is 9.45. The maximum Gasteiger partial charge on any atom is 0.119 e. The number of nitrogens with one attached hydrogen (secondary N) is 1. The largest absolute Gasteiger partial charge is 0.492 e. The van der Waals surface area contributed by atoms with Crippen LogP contribution in [-0.4, -0.2) is 43.7 Å². The molecule has 1 aliphatic heterocycles. The number of nitrogens with zero attached hydrogens (tertiary/aromatic N) is 1. The van der Waals surface area contributed by atoms with Crippen molar-refractivity contribution in [1.29, 1.82) is 0 Å². The van der Waals surface area contributed by atoms with Gasteiger partial charge in [0.15, 0.2) is 0 Å². The number of hydrogen-bond acceptors (Lipinski definition) is 3. The topological polar surface area (TPSA) is 24.5 Å². The van der Waals surface area contributed by atoms with Gasteiger partial charge in [-0.15, -0.1) is 0 Å². The summed E-state index contributed by atoms with van der Waals surface area (Å²) in [5, 5.41) is 3.63. The van der Waals surface area contributed by atoms with Crippen molar-refractivity contribution in [2.24, 2.45) is 0 Å². The average molecular weight is 324 g/mol. The highest BCUT2D eigenvalue weighted by Gasteiger charge is 2.18. The molecule has 1 heterocycles. The molecule has 0 atom stereocenters. The SMILES string of the molecule is c1ccc(CCN2CCC(NCCOc3ccccc3)CC2)cc1. The number of hydrogen-bond donors (Lipinski definition) is 1. The summed E-state index contributed by atoms with van der Waals surface area (Å²) in [5.74, 6) is 0.954. The van der Waals surface area contributed by atoms with Crippen LogP contribution in [0.15, 0.2) is 60.7 Å². The Labute approximate surface area is 145 Å². The van der Waals surface area contributed by atoms with E-state index in [1.165, 1.54) is 38.0 Å². The van der Waals surface area contributed by atoms with Gasteiger partial charge in [0.05, 0.1) is 0 Å². The van der Waals surface area contributed by atoms with Gasteiger partial charge in [0.2, 0.25) is 0 Å². The van der Waals surface area contributed by atoms with Crippen molar-refractivity contribution in [3.63, 3.8) is 0 Å². The predicted octanol–water partition coefficient (Wildman–Crippen LogP) is 3.36. The summed E-state index contributed by atoms with van der Waals surface area (Å²) >= 11 is 0. The van der Waals surface area contributed by atoms with Gasteiger partial charge in [0, 0.05) is 19.1 Å². The second-order valence-corrected chi connectivity index (χ2v) is 6.47. The third-order valence-electron chi connectivity index (χ3n) is 4.69. The van der Waals surface area contributed by atoms with Gasteiger partial charge in [0.1, 0.15) is 12.4 Å². The monoisotopic (exact) mass is 324 g/mol. The molecule has 3 nitrogen and oxygen atoms in total. The molecule has 1 saturated heterocycles. The number of rotatable bonds is 8. The molecule has 1 N–H and O–H groups in total. The molecule has 0 spiro atoms. The average Bonchev–Trinajstić information content (AvgIpc) is 2.66. The summed E-state index contributed by atoms with van der Waals surface area (Å²) in [6.45, 7) is 5.23. The van der Waals surface area contributed by atoms with Crippen LogP contribution in [0, 0.1) is 0 Å². The summed E-state index contributed by atoms with van der Waals surface area (Å²) in [6.07, 6.45) is 3.63. The zero-order valence-corrected chi connectivity index (χ0v) is 14.4. The van der Waals surface area contributed by atoms with E-state index in [2.05, 4.69) is 40.5 Å². The molecule has 0 amide bonds. The lowest BCUT2D eigenvalue weighted by Gasteiger charge is -2.32. The Hall–Kier alpha value is -1.84. The Kier molecular flexibility index (Phi) is 6.70. The van der Waals surface area contributed by atoms with Gasteiger partial charge in [-0.3, -0.25) is 0 Å². The van der Waals surface area contributed by atoms with Gasteiger partial charge in [0.25, 0.3) is 0 Å². The fraction of sp³-hybridized carbons (Fsp3) is 0.429. The summed E-state index contributed by atoms with van der Waals surface area (Å²) in [7, 11) is 0. The predicted molar refractivity (Wildman–Crippen MR) is 99.5 cm³/mol. The zero-order valence-electron chi connectivity index (χ0n) is 14.4. The molecule has 3 heteroatoms. The minimum atomic E-state index is 0.636. The Morgan fingerprint density at radius 2 is 1.58 bits per heavy atom. The van der Waals surface area contributed by atoms with E-state index in [0.29, 0.717) is 6.04 Å². The molecular formula is C21H28N2O. The van der Waals surface area contributed by atoms with Crippen LogP contribution in [0.3, 0.4) is 0 Å². The van der Waals surface area contributed by atoms with E-state index in [0.717, 1.165) is 25.3 Å². The Morgan fingerprint density at radius 3 is 2.29 bits per heavy atom. The van der Waals surface area contributed by atoms with Crippen LogP contribution in [0.2, 0.25) is 0 Å². The smallest absolute Gasteiger partial charge is 0.119 e. The van der Waals surface area contributed by atoms with Crippen LogP contribution < -0.4 is 10.1 Å². The van der Waals surface area contributed by atoms with Crippen molar-refractivity contribution >= 4 is 0 Å². The molecule has 3 rings (SSSR count).